The van der Waals surface area contributed by atoms with Crippen molar-refractivity contribution in [1.29, 1.82) is 0 Å². The van der Waals surface area contributed by atoms with Crippen LogP contribution < -0.4 is 5.48 Å². The maximum atomic E-state index is 4.55. The van der Waals surface area contributed by atoms with Gasteiger partial charge in [-0.3, -0.25) is 10.3 Å². The van der Waals surface area contributed by atoms with Gasteiger partial charge in [-0.25, -0.2) is 0 Å². The van der Waals surface area contributed by atoms with Gasteiger partial charge in [-0.05, 0) is 12.2 Å². The number of halogens is 1. The molecule has 0 amide bonds. The van der Waals surface area contributed by atoms with E-state index in [1.54, 1.807) is 25.5 Å². The molecule has 2 nitrogen and oxygen atoms in total. The predicted octanol–water partition coefficient (Wildman–Crippen LogP) is 2.12. The summed E-state index contributed by atoms with van der Waals surface area (Å²) < 4.78 is 0.932. The SMILES string of the molecule is C=C/C(Br)=C\C=C/NOC. The van der Waals surface area contributed by atoms with Crippen LogP contribution >= 0.6 is 15.9 Å². The molecule has 56 valence electrons. The highest BCUT2D eigenvalue weighted by molar-refractivity contribution is 9.11. The average molecular weight is 204 g/mol. The number of allylic oxidation sites excluding steroid dienone is 4. The summed E-state index contributed by atoms with van der Waals surface area (Å²) in [5.41, 5.74) is 2.55. The Bertz CT molecular complexity index is 152. The lowest BCUT2D eigenvalue weighted by atomic mass is 10.5. The van der Waals surface area contributed by atoms with Gasteiger partial charge in [0.1, 0.15) is 0 Å². The first-order valence-electron chi connectivity index (χ1n) is 2.74. The fraction of sp³-hybridized carbons (Fsp3) is 0.143. The third-order valence-corrected chi connectivity index (χ3v) is 1.32. The van der Waals surface area contributed by atoms with E-state index in [1.807, 2.05) is 6.08 Å². The number of nitrogens with one attached hydrogen (secondary N) is 1. The number of rotatable bonds is 4. The normalized spacial score (nSPS) is 12.0. The Morgan fingerprint density at radius 3 is 2.90 bits per heavy atom. The van der Waals surface area contributed by atoms with E-state index in [9.17, 15) is 0 Å². The van der Waals surface area contributed by atoms with Gasteiger partial charge in [-0.2, -0.15) is 0 Å². The summed E-state index contributed by atoms with van der Waals surface area (Å²) in [6.07, 6.45) is 7.02. The van der Waals surface area contributed by atoms with Crippen molar-refractivity contribution < 1.29 is 4.84 Å². The van der Waals surface area contributed by atoms with Gasteiger partial charge in [0, 0.05) is 10.7 Å². The molecule has 0 aliphatic rings. The molecule has 0 aromatic heterocycles. The molecule has 0 aromatic carbocycles. The predicted molar refractivity (Wildman–Crippen MR) is 46.5 cm³/mol. The maximum Gasteiger partial charge on any atom is 0.0636 e. The van der Waals surface area contributed by atoms with Crippen LogP contribution in [-0.2, 0) is 4.84 Å². The standard InChI is InChI=1S/C7H10BrNO/c1-3-7(8)5-4-6-9-10-2/h3-6,9H,1H2,2H3/b6-4-,7-5+. The highest BCUT2D eigenvalue weighted by atomic mass is 79.9. The zero-order chi connectivity index (χ0) is 7.82. The molecular formula is C7H10BrNO. The second-order valence-electron chi connectivity index (χ2n) is 1.44. The monoisotopic (exact) mass is 203 g/mol. The van der Waals surface area contributed by atoms with Crippen LogP contribution in [0.4, 0.5) is 0 Å². The second kappa shape index (κ2) is 6.58. The molecule has 0 rings (SSSR count). The minimum absolute atomic E-state index is 0.932. The quantitative estimate of drug-likeness (QED) is 0.559. The highest BCUT2D eigenvalue weighted by Crippen LogP contribution is 2.03. The Morgan fingerprint density at radius 2 is 2.40 bits per heavy atom. The van der Waals surface area contributed by atoms with E-state index in [0.29, 0.717) is 0 Å². The summed E-state index contributed by atoms with van der Waals surface area (Å²) in [5, 5.41) is 0. The zero-order valence-electron chi connectivity index (χ0n) is 5.80. The van der Waals surface area contributed by atoms with Crippen molar-refractivity contribution in [3.05, 3.63) is 35.5 Å². The van der Waals surface area contributed by atoms with Gasteiger partial charge in [0.05, 0.1) is 7.11 Å². The smallest absolute Gasteiger partial charge is 0.0636 e. The Labute approximate surface area is 69.3 Å². The van der Waals surface area contributed by atoms with Crippen LogP contribution in [0.5, 0.6) is 0 Å². The molecule has 0 unspecified atom stereocenters. The number of hydrogen-bond acceptors (Lipinski definition) is 2. The molecule has 0 atom stereocenters. The third kappa shape index (κ3) is 5.59. The largest absolute Gasteiger partial charge is 0.280 e. The summed E-state index contributed by atoms with van der Waals surface area (Å²) >= 11 is 3.25. The number of hydrogen-bond donors (Lipinski definition) is 1. The molecule has 0 saturated carbocycles. The van der Waals surface area contributed by atoms with Crippen molar-refractivity contribution in [2.45, 2.75) is 0 Å². The van der Waals surface area contributed by atoms with Crippen LogP contribution in [0.1, 0.15) is 0 Å². The Hall–Kier alpha value is -0.540. The molecule has 0 aliphatic heterocycles. The summed E-state index contributed by atoms with van der Waals surface area (Å²) in [6.45, 7) is 3.56. The first kappa shape index (κ1) is 9.46. The molecule has 0 aromatic rings. The minimum atomic E-state index is 0.932. The molecule has 0 bridgehead atoms. The molecule has 0 heterocycles. The van der Waals surface area contributed by atoms with Gasteiger partial charge in [0.2, 0.25) is 0 Å². The molecule has 0 aliphatic carbocycles. The first-order chi connectivity index (χ1) is 4.81. The minimum Gasteiger partial charge on any atom is -0.280 e. The van der Waals surface area contributed by atoms with Crippen molar-refractivity contribution in [1.82, 2.24) is 5.48 Å². The lowest BCUT2D eigenvalue weighted by molar-refractivity contribution is 0.128. The highest BCUT2D eigenvalue weighted by Gasteiger charge is 1.74. The summed E-state index contributed by atoms with van der Waals surface area (Å²) in [5.74, 6) is 0. The molecule has 3 heteroatoms. The lowest BCUT2D eigenvalue weighted by Crippen LogP contribution is -1.99. The molecule has 0 fully saturated rings. The third-order valence-electron chi connectivity index (χ3n) is 0.733. The van der Waals surface area contributed by atoms with Crippen LogP contribution in [0.3, 0.4) is 0 Å². The van der Waals surface area contributed by atoms with Gasteiger partial charge in [0.15, 0.2) is 0 Å². The van der Waals surface area contributed by atoms with Gasteiger partial charge >= 0.3 is 0 Å². The topological polar surface area (TPSA) is 21.3 Å². The van der Waals surface area contributed by atoms with Crippen molar-refractivity contribution in [3.63, 3.8) is 0 Å². The average Bonchev–Trinajstić information content (AvgIpc) is 1.98. The lowest BCUT2D eigenvalue weighted by Gasteiger charge is -1.89. The van der Waals surface area contributed by atoms with E-state index in [1.165, 1.54) is 0 Å². The van der Waals surface area contributed by atoms with Crippen LogP contribution in [0.2, 0.25) is 0 Å². The van der Waals surface area contributed by atoms with Crippen LogP contribution in [0, 0.1) is 0 Å². The van der Waals surface area contributed by atoms with Crippen LogP contribution in [-0.4, -0.2) is 7.11 Å². The van der Waals surface area contributed by atoms with Crippen molar-refractivity contribution >= 4 is 15.9 Å². The van der Waals surface area contributed by atoms with Crippen molar-refractivity contribution in [2.75, 3.05) is 7.11 Å². The first-order valence-corrected chi connectivity index (χ1v) is 3.54. The maximum absolute atomic E-state index is 4.55. The Morgan fingerprint density at radius 1 is 1.70 bits per heavy atom. The molecule has 0 spiro atoms. The van der Waals surface area contributed by atoms with Gasteiger partial charge in [-0.1, -0.05) is 28.6 Å². The Kier molecular flexibility index (Phi) is 6.22. The van der Waals surface area contributed by atoms with E-state index >= 15 is 0 Å². The van der Waals surface area contributed by atoms with Gasteiger partial charge in [-0.15, -0.1) is 0 Å². The van der Waals surface area contributed by atoms with Crippen molar-refractivity contribution in [3.8, 4) is 0 Å². The molecular weight excluding hydrogens is 194 g/mol. The molecule has 0 saturated heterocycles. The second-order valence-corrected chi connectivity index (χ2v) is 2.35. The molecule has 1 N–H and O–H groups in total. The zero-order valence-corrected chi connectivity index (χ0v) is 7.39. The number of hydroxylamine groups is 1. The van der Waals surface area contributed by atoms with E-state index in [2.05, 4.69) is 32.8 Å². The van der Waals surface area contributed by atoms with Gasteiger partial charge in [0.25, 0.3) is 0 Å². The molecule has 10 heavy (non-hydrogen) atoms. The van der Waals surface area contributed by atoms with E-state index in [4.69, 9.17) is 0 Å². The van der Waals surface area contributed by atoms with E-state index < -0.39 is 0 Å². The van der Waals surface area contributed by atoms with Gasteiger partial charge < -0.3 is 0 Å². The van der Waals surface area contributed by atoms with Crippen LogP contribution in [0.15, 0.2) is 35.5 Å². The fourth-order valence-corrected chi connectivity index (χ4v) is 0.468. The molecule has 0 radical (unpaired) electrons. The summed E-state index contributed by atoms with van der Waals surface area (Å²) in [6, 6.07) is 0. The summed E-state index contributed by atoms with van der Waals surface area (Å²) in [4.78, 5) is 4.55. The fourth-order valence-electron chi connectivity index (χ4n) is 0.315. The van der Waals surface area contributed by atoms with E-state index in [0.717, 1.165) is 4.48 Å². The van der Waals surface area contributed by atoms with E-state index in [-0.39, 0.29) is 0 Å². The Balaban J connectivity index is 3.59. The van der Waals surface area contributed by atoms with Crippen LogP contribution in [0.25, 0.3) is 0 Å². The summed E-state index contributed by atoms with van der Waals surface area (Å²) in [7, 11) is 1.55. The van der Waals surface area contributed by atoms with Crippen molar-refractivity contribution in [2.24, 2.45) is 0 Å².